The lowest BCUT2D eigenvalue weighted by Crippen LogP contribution is -2.47. The van der Waals surface area contributed by atoms with Crippen LogP contribution in [0.15, 0.2) is 36.7 Å². The first-order valence-electron chi connectivity index (χ1n) is 9.42. The molecule has 28 heavy (non-hydrogen) atoms. The third-order valence-electron chi connectivity index (χ3n) is 5.15. The molecule has 8 heteroatoms. The summed E-state index contributed by atoms with van der Waals surface area (Å²) in [6.45, 7) is 1.86. The molecule has 0 bridgehead atoms. The first kappa shape index (κ1) is 18.7. The molecule has 0 aliphatic carbocycles. The molecule has 1 atom stereocenters. The zero-order valence-electron chi connectivity index (χ0n) is 16.4. The van der Waals surface area contributed by atoms with Gasteiger partial charge in [0.25, 0.3) is 0 Å². The number of hydrogen-bond donors (Lipinski definition) is 0. The maximum absolute atomic E-state index is 6.05. The van der Waals surface area contributed by atoms with Gasteiger partial charge in [-0.25, -0.2) is 9.97 Å². The second-order valence-electron chi connectivity index (χ2n) is 7.32. The Kier molecular flexibility index (Phi) is 5.17. The van der Waals surface area contributed by atoms with E-state index in [1.54, 1.807) is 0 Å². The van der Waals surface area contributed by atoms with Gasteiger partial charge in [0.2, 0.25) is 5.95 Å². The number of nitrogens with zero attached hydrogens (tertiary/aromatic N) is 7. The summed E-state index contributed by atoms with van der Waals surface area (Å²) in [5, 5.41) is 0.677. The van der Waals surface area contributed by atoms with Crippen molar-refractivity contribution in [2.75, 3.05) is 48.9 Å². The number of benzene rings is 1. The second-order valence-corrected chi connectivity index (χ2v) is 7.76. The van der Waals surface area contributed by atoms with Crippen LogP contribution in [0.1, 0.15) is 12.8 Å². The predicted molar refractivity (Wildman–Crippen MR) is 115 cm³/mol. The molecule has 0 amide bonds. The number of fused-ring (bicyclic) bond motifs is 1. The maximum atomic E-state index is 6.05. The first-order chi connectivity index (χ1) is 13.5. The lowest BCUT2D eigenvalue weighted by molar-refractivity contribution is 0.483. The van der Waals surface area contributed by atoms with Crippen molar-refractivity contribution in [1.29, 1.82) is 0 Å². The van der Waals surface area contributed by atoms with Crippen molar-refractivity contribution in [3.05, 3.63) is 41.7 Å². The molecular formula is C20H24ClN7. The highest BCUT2D eigenvalue weighted by molar-refractivity contribution is 6.31. The Labute approximate surface area is 170 Å². The van der Waals surface area contributed by atoms with E-state index in [0.717, 1.165) is 54.5 Å². The summed E-state index contributed by atoms with van der Waals surface area (Å²) in [6.07, 6.45) is 5.87. The largest absolute Gasteiger partial charge is 0.355 e. The molecule has 0 saturated carbocycles. The molecule has 4 rings (SSSR count). The van der Waals surface area contributed by atoms with Gasteiger partial charge in [0.15, 0.2) is 0 Å². The van der Waals surface area contributed by atoms with Crippen LogP contribution in [-0.2, 0) is 0 Å². The van der Waals surface area contributed by atoms with Gasteiger partial charge in [-0.1, -0.05) is 11.6 Å². The third-order valence-corrected chi connectivity index (χ3v) is 5.38. The average Bonchev–Trinajstić information content (AvgIpc) is 2.73. The van der Waals surface area contributed by atoms with Crippen molar-refractivity contribution in [1.82, 2.24) is 19.9 Å². The van der Waals surface area contributed by atoms with Crippen LogP contribution in [0.5, 0.6) is 0 Å². The summed E-state index contributed by atoms with van der Waals surface area (Å²) in [5.41, 5.74) is 1.68. The summed E-state index contributed by atoms with van der Waals surface area (Å²) in [4.78, 5) is 24.8. The van der Waals surface area contributed by atoms with Gasteiger partial charge in [0.1, 0.15) is 11.6 Å². The highest BCUT2D eigenvalue weighted by Crippen LogP contribution is 2.25. The minimum atomic E-state index is 0.348. The van der Waals surface area contributed by atoms with Crippen molar-refractivity contribution < 1.29 is 0 Å². The third kappa shape index (κ3) is 3.80. The Morgan fingerprint density at radius 2 is 1.93 bits per heavy atom. The van der Waals surface area contributed by atoms with Crippen molar-refractivity contribution in [2.45, 2.75) is 18.9 Å². The molecule has 3 aromatic rings. The zero-order valence-corrected chi connectivity index (χ0v) is 17.1. The van der Waals surface area contributed by atoms with E-state index >= 15 is 0 Å². The topological polar surface area (TPSA) is 61.3 Å². The Bertz CT molecular complexity index is 978. The molecule has 7 nitrogen and oxygen atoms in total. The van der Waals surface area contributed by atoms with Gasteiger partial charge in [0, 0.05) is 51.5 Å². The number of rotatable bonds is 4. The quantitative estimate of drug-likeness (QED) is 0.669. The predicted octanol–water partition coefficient (Wildman–Crippen LogP) is 3.24. The lowest BCUT2D eigenvalue weighted by Gasteiger charge is -2.38. The Hall–Kier alpha value is -2.67. The van der Waals surface area contributed by atoms with Crippen LogP contribution in [0.4, 0.5) is 17.6 Å². The molecule has 1 fully saturated rings. The molecule has 1 aromatic carbocycles. The molecule has 3 heterocycles. The van der Waals surface area contributed by atoms with Gasteiger partial charge in [-0.3, -0.25) is 4.98 Å². The minimum absolute atomic E-state index is 0.348. The van der Waals surface area contributed by atoms with Crippen molar-refractivity contribution in [2.24, 2.45) is 0 Å². The SMILES string of the molecule is CN(C)c1nccc(N(C)C2CCCN(c3cnc4cc(Cl)ccc4n3)C2)n1. The molecule has 1 saturated heterocycles. The molecule has 146 valence electrons. The number of halogens is 1. The number of piperidine rings is 1. The molecule has 1 aliphatic rings. The van der Waals surface area contributed by atoms with E-state index in [2.05, 4.69) is 31.8 Å². The average molecular weight is 398 g/mol. The van der Waals surface area contributed by atoms with E-state index < -0.39 is 0 Å². The molecule has 0 spiro atoms. The fourth-order valence-corrected chi connectivity index (χ4v) is 3.71. The smallest absolute Gasteiger partial charge is 0.226 e. The van der Waals surface area contributed by atoms with E-state index in [-0.39, 0.29) is 0 Å². The zero-order chi connectivity index (χ0) is 19.7. The minimum Gasteiger partial charge on any atom is -0.355 e. The number of likely N-dealkylation sites (N-methyl/N-ethyl adjacent to an activating group) is 1. The van der Waals surface area contributed by atoms with Crippen LogP contribution in [-0.4, -0.2) is 60.2 Å². The Morgan fingerprint density at radius 3 is 2.75 bits per heavy atom. The van der Waals surface area contributed by atoms with Crippen LogP contribution < -0.4 is 14.7 Å². The van der Waals surface area contributed by atoms with Crippen LogP contribution in [0.2, 0.25) is 5.02 Å². The Morgan fingerprint density at radius 1 is 1.07 bits per heavy atom. The number of aromatic nitrogens is 4. The van der Waals surface area contributed by atoms with Gasteiger partial charge < -0.3 is 14.7 Å². The highest BCUT2D eigenvalue weighted by Gasteiger charge is 2.25. The first-order valence-corrected chi connectivity index (χ1v) is 9.79. The standard InChI is InChI=1S/C20H24ClN7/c1-26(2)20-22-9-8-18(25-20)27(3)15-5-4-10-28(13-15)19-12-23-17-11-14(21)6-7-16(17)24-19/h6-9,11-12,15H,4-5,10,13H2,1-3H3. The molecule has 1 aliphatic heterocycles. The van der Waals surface area contributed by atoms with E-state index in [4.69, 9.17) is 16.6 Å². The van der Waals surface area contributed by atoms with Crippen molar-refractivity contribution in [3.8, 4) is 0 Å². The second kappa shape index (κ2) is 7.75. The summed E-state index contributed by atoms with van der Waals surface area (Å²) < 4.78 is 0. The molecule has 2 aromatic heterocycles. The molecular weight excluding hydrogens is 374 g/mol. The van der Waals surface area contributed by atoms with Crippen LogP contribution in [0.25, 0.3) is 11.0 Å². The highest BCUT2D eigenvalue weighted by atomic mass is 35.5. The molecule has 0 N–H and O–H groups in total. The lowest BCUT2D eigenvalue weighted by atomic mass is 10.0. The normalized spacial score (nSPS) is 17.0. The number of anilines is 3. The fourth-order valence-electron chi connectivity index (χ4n) is 3.54. The van der Waals surface area contributed by atoms with E-state index in [0.29, 0.717) is 11.1 Å². The summed E-state index contributed by atoms with van der Waals surface area (Å²) in [6, 6.07) is 7.93. The fraction of sp³-hybridized carbons (Fsp3) is 0.400. The van der Waals surface area contributed by atoms with Gasteiger partial charge >= 0.3 is 0 Å². The van der Waals surface area contributed by atoms with Crippen molar-refractivity contribution >= 4 is 40.2 Å². The van der Waals surface area contributed by atoms with Gasteiger partial charge in [-0.15, -0.1) is 0 Å². The summed E-state index contributed by atoms with van der Waals surface area (Å²) >= 11 is 6.05. The Balaban J connectivity index is 1.54. The van der Waals surface area contributed by atoms with Gasteiger partial charge in [-0.05, 0) is 37.1 Å². The number of hydrogen-bond acceptors (Lipinski definition) is 7. The summed E-state index contributed by atoms with van der Waals surface area (Å²) in [7, 11) is 6.00. The van der Waals surface area contributed by atoms with Gasteiger partial charge in [0.05, 0.1) is 17.2 Å². The van der Waals surface area contributed by atoms with E-state index in [1.165, 1.54) is 0 Å². The maximum Gasteiger partial charge on any atom is 0.226 e. The van der Waals surface area contributed by atoms with Crippen LogP contribution in [0, 0.1) is 0 Å². The van der Waals surface area contributed by atoms with E-state index in [9.17, 15) is 0 Å². The molecule has 1 unspecified atom stereocenters. The van der Waals surface area contributed by atoms with E-state index in [1.807, 2.05) is 55.7 Å². The summed E-state index contributed by atoms with van der Waals surface area (Å²) in [5.74, 6) is 2.56. The monoisotopic (exact) mass is 397 g/mol. The van der Waals surface area contributed by atoms with Crippen LogP contribution >= 0.6 is 11.6 Å². The molecule has 0 radical (unpaired) electrons. The van der Waals surface area contributed by atoms with Crippen LogP contribution in [0.3, 0.4) is 0 Å². The van der Waals surface area contributed by atoms with Gasteiger partial charge in [-0.2, -0.15) is 4.98 Å². The van der Waals surface area contributed by atoms with Crippen molar-refractivity contribution in [3.63, 3.8) is 0 Å².